The van der Waals surface area contributed by atoms with Gasteiger partial charge in [-0.1, -0.05) is 17.7 Å². The van der Waals surface area contributed by atoms with Gasteiger partial charge in [0, 0.05) is 13.0 Å². The van der Waals surface area contributed by atoms with Crippen molar-refractivity contribution >= 4 is 29.0 Å². The van der Waals surface area contributed by atoms with Crippen LogP contribution in [0.3, 0.4) is 0 Å². The number of amides is 1. The van der Waals surface area contributed by atoms with Crippen molar-refractivity contribution in [2.45, 2.75) is 12.8 Å². The Hall–Kier alpha value is -1.42. The van der Waals surface area contributed by atoms with E-state index in [1.54, 1.807) is 6.07 Å². The quantitative estimate of drug-likeness (QED) is 0.707. The first-order valence-corrected chi connectivity index (χ1v) is 5.23. The second kappa shape index (κ2) is 4.22. The standard InChI is InChI=1S/C11H9ClFNO2/c12-8-2-1-3-9(11(8)13)14-5-4-7(15)6-10(14)16/h1-3H,4-6H2. The molecule has 1 heterocycles. The summed E-state index contributed by atoms with van der Waals surface area (Å²) < 4.78 is 13.6. The molecule has 1 saturated heterocycles. The van der Waals surface area contributed by atoms with Gasteiger partial charge in [-0.3, -0.25) is 9.59 Å². The Balaban J connectivity index is 2.34. The number of hydrogen-bond donors (Lipinski definition) is 0. The van der Waals surface area contributed by atoms with Crippen LogP contribution in [0.15, 0.2) is 18.2 Å². The number of carbonyl (C=O) groups is 2. The van der Waals surface area contributed by atoms with Crippen LogP contribution in [0.25, 0.3) is 0 Å². The second-order valence-corrected chi connectivity index (χ2v) is 3.99. The maximum Gasteiger partial charge on any atom is 0.234 e. The van der Waals surface area contributed by atoms with Crippen molar-refractivity contribution in [3.63, 3.8) is 0 Å². The minimum atomic E-state index is -0.619. The SMILES string of the molecule is O=C1CCN(c2cccc(Cl)c2F)C(=O)C1. The molecule has 1 amide bonds. The summed E-state index contributed by atoms with van der Waals surface area (Å²) in [6, 6.07) is 4.47. The molecule has 1 aromatic rings. The van der Waals surface area contributed by atoms with Crippen molar-refractivity contribution in [3.8, 4) is 0 Å². The minimum absolute atomic E-state index is 0.0257. The van der Waals surface area contributed by atoms with Crippen molar-refractivity contribution in [2.24, 2.45) is 0 Å². The van der Waals surface area contributed by atoms with Crippen LogP contribution in [-0.4, -0.2) is 18.2 Å². The molecule has 0 radical (unpaired) electrons. The van der Waals surface area contributed by atoms with Crippen LogP contribution in [0.4, 0.5) is 10.1 Å². The molecule has 0 N–H and O–H groups in total. The van der Waals surface area contributed by atoms with E-state index in [0.29, 0.717) is 0 Å². The molecule has 1 aromatic carbocycles. The lowest BCUT2D eigenvalue weighted by Crippen LogP contribution is -2.39. The van der Waals surface area contributed by atoms with Crippen LogP contribution in [0, 0.1) is 5.82 Å². The molecule has 0 atom stereocenters. The second-order valence-electron chi connectivity index (χ2n) is 3.58. The van der Waals surface area contributed by atoms with E-state index in [-0.39, 0.29) is 41.8 Å². The average Bonchev–Trinajstić information content (AvgIpc) is 2.23. The van der Waals surface area contributed by atoms with Gasteiger partial charge in [-0.15, -0.1) is 0 Å². The first kappa shape index (κ1) is 11.1. The molecule has 84 valence electrons. The van der Waals surface area contributed by atoms with Crippen LogP contribution in [0.5, 0.6) is 0 Å². The number of anilines is 1. The van der Waals surface area contributed by atoms with Crippen molar-refractivity contribution < 1.29 is 14.0 Å². The first-order chi connectivity index (χ1) is 7.59. The van der Waals surface area contributed by atoms with Crippen LogP contribution in [0.1, 0.15) is 12.8 Å². The van der Waals surface area contributed by atoms with Gasteiger partial charge >= 0.3 is 0 Å². The lowest BCUT2D eigenvalue weighted by Gasteiger charge is -2.26. The zero-order chi connectivity index (χ0) is 11.7. The molecule has 1 fully saturated rings. The van der Waals surface area contributed by atoms with E-state index in [1.165, 1.54) is 17.0 Å². The average molecular weight is 242 g/mol. The number of carbonyl (C=O) groups excluding carboxylic acids is 2. The summed E-state index contributed by atoms with van der Waals surface area (Å²) >= 11 is 5.63. The number of benzene rings is 1. The van der Waals surface area contributed by atoms with Gasteiger partial charge in [0.25, 0.3) is 0 Å². The number of Topliss-reactive ketones (excluding diaryl/α,β-unsaturated/α-hetero) is 1. The Morgan fingerprint density at radius 1 is 1.31 bits per heavy atom. The molecule has 1 aliphatic rings. The number of halogens is 2. The summed E-state index contributed by atoms with van der Waals surface area (Å²) in [6.07, 6.45) is 0.101. The Labute approximate surface area is 96.8 Å². The lowest BCUT2D eigenvalue weighted by atomic mass is 10.1. The largest absolute Gasteiger partial charge is 0.309 e. The van der Waals surface area contributed by atoms with Crippen molar-refractivity contribution in [2.75, 3.05) is 11.4 Å². The molecule has 3 nitrogen and oxygen atoms in total. The minimum Gasteiger partial charge on any atom is -0.309 e. The van der Waals surface area contributed by atoms with Crippen LogP contribution < -0.4 is 4.90 Å². The van der Waals surface area contributed by atoms with Crippen molar-refractivity contribution in [1.29, 1.82) is 0 Å². The third kappa shape index (κ3) is 1.93. The summed E-state index contributed by atoms with van der Waals surface area (Å²) in [5.41, 5.74) is 0.144. The molecule has 2 rings (SSSR count). The van der Waals surface area contributed by atoms with E-state index in [9.17, 15) is 14.0 Å². The third-order valence-electron chi connectivity index (χ3n) is 2.49. The van der Waals surface area contributed by atoms with Crippen molar-refractivity contribution in [3.05, 3.63) is 29.0 Å². The Bertz CT molecular complexity index is 461. The van der Waals surface area contributed by atoms with Gasteiger partial charge in [-0.25, -0.2) is 4.39 Å². The molecule has 1 aliphatic heterocycles. The first-order valence-electron chi connectivity index (χ1n) is 4.85. The molecular weight excluding hydrogens is 233 g/mol. The number of nitrogens with zero attached hydrogens (tertiary/aromatic N) is 1. The van der Waals surface area contributed by atoms with Gasteiger partial charge in [-0.2, -0.15) is 0 Å². The number of piperidine rings is 1. The zero-order valence-corrected chi connectivity index (χ0v) is 9.13. The topological polar surface area (TPSA) is 37.4 Å². The lowest BCUT2D eigenvalue weighted by molar-refractivity contribution is -0.128. The number of ketones is 1. The van der Waals surface area contributed by atoms with E-state index in [0.717, 1.165) is 0 Å². The monoisotopic (exact) mass is 241 g/mol. The van der Waals surface area contributed by atoms with Crippen molar-refractivity contribution in [1.82, 2.24) is 0 Å². The number of rotatable bonds is 1. The van der Waals surface area contributed by atoms with Gasteiger partial charge in [0.05, 0.1) is 17.1 Å². The Morgan fingerprint density at radius 2 is 2.06 bits per heavy atom. The smallest absolute Gasteiger partial charge is 0.234 e. The predicted octanol–water partition coefficient (Wildman–Crippen LogP) is 2.17. The van der Waals surface area contributed by atoms with Gasteiger partial charge in [0.2, 0.25) is 5.91 Å². The maximum absolute atomic E-state index is 13.6. The third-order valence-corrected chi connectivity index (χ3v) is 2.78. The van der Waals surface area contributed by atoms with E-state index in [4.69, 9.17) is 11.6 Å². The van der Waals surface area contributed by atoms with Gasteiger partial charge in [0.1, 0.15) is 5.78 Å². The normalized spacial score (nSPS) is 16.8. The molecule has 0 aliphatic carbocycles. The molecular formula is C11H9ClFNO2. The fourth-order valence-electron chi connectivity index (χ4n) is 1.67. The highest BCUT2D eigenvalue weighted by atomic mass is 35.5. The highest BCUT2D eigenvalue weighted by molar-refractivity contribution is 6.31. The summed E-state index contributed by atoms with van der Waals surface area (Å²) in [4.78, 5) is 23.9. The fraction of sp³-hybridized carbons (Fsp3) is 0.273. The van der Waals surface area contributed by atoms with E-state index < -0.39 is 5.82 Å². The van der Waals surface area contributed by atoms with Gasteiger partial charge in [-0.05, 0) is 12.1 Å². The Kier molecular flexibility index (Phi) is 2.92. The molecule has 5 heteroatoms. The number of hydrogen-bond acceptors (Lipinski definition) is 2. The van der Waals surface area contributed by atoms with E-state index >= 15 is 0 Å². The molecule has 0 saturated carbocycles. The molecule has 16 heavy (non-hydrogen) atoms. The fourth-order valence-corrected chi connectivity index (χ4v) is 1.84. The highest BCUT2D eigenvalue weighted by Crippen LogP contribution is 2.27. The van der Waals surface area contributed by atoms with Crippen LogP contribution >= 0.6 is 11.6 Å². The van der Waals surface area contributed by atoms with Gasteiger partial charge in [0.15, 0.2) is 5.82 Å². The summed E-state index contributed by atoms with van der Waals surface area (Å²) in [5, 5.41) is -0.0257. The molecule has 0 bridgehead atoms. The summed E-state index contributed by atoms with van der Waals surface area (Å²) in [5.74, 6) is -1.10. The summed E-state index contributed by atoms with van der Waals surface area (Å²) in [6.45, 7) is 0.217. The van der Waals surface area contributed by atoms with E-state index in [1.807, 2.05) is 0 Å². The van der Waals surface area contributed by atoms with Gasteiger partial charge < -0.3 is 4.90 Å². The maximum atomic E-state index is 13.6. The highest BCUT2D eigenvalue weighted by Gasteiger charge is 2.27. The zero-order valence-electron chi connectivity index (χ0n) is 8.37. The molecule has 0 spiro atoms. The predicted molar refractivity (Wildman–Crippen MR) is 58.0 cm³/mol. The molecule has 0 aromatic heterocycles. The van der Waals surface area contributed by atoms with E-state index in [2.05, 4.69) is 0 Å². The van der Waals surface area contributed by atoms with Crippen LogP contribution in [0.2, 0.25) is 5.02 Å². The van der Waals surface area contributed by atoms with Crippen LogP contribution in [-0.2, 0) is 9.59 Å². The Morgan fingerprint density at radius 3 is 2.75 bits per heavy atom. The molecule has 0 unspecified atom stereocenters. The summed E-state index contributed by atoms with van der Waals surface area (Å²) in [7, 11) is 0.